The highest BCUT2D eigenvalue weighted by atomic mass is 35.5. The first-order valence-corrected chi connectivity index (χ1v) is 24.0. The molecule has 8 rings (SSSR count). The van der Waals surface area contributed by atoms with Crippen LogP contribution in [0.5, 0.6) is 0 Å². The number of nitrogens with one attached hydrogen (secondary N) is 1. The third-order valence-electron chi connectivity index (χ3n) is 18.5. The maximum absolute atomic E-state index is 13.5. The van der Waals surface area contributed by atoms with Crippen molar-refractivity contribution in [1.29, 1.82) is 0 Å². The molecule has 17 atom stereocenters. The minimum Gasteiger partial charge on any atom is -0.481 e. The van der Waals surface area contributed by atoms with Crippen molar-refractivity contribution in [2.24, 2.45) is 50.2 Å². The van der Waals surface area contributed by atoms with E-state index in [0.717, 1.165) is 56.9 Å². The summed E-state index contributed by atoms with van der Waals surface area (Å²) in [6, 6.07) is 5.78. The first-order valence-electron chi connectivity index (χ1n) is 23.6. The van der Waals surface area contributed by atoms with E-state index in [0.29, 0.717) is 23.8 Å². The fourth-order valence-corrected chi connectivity index (χ4v) is 14.5. The van der Waals surface area contributed by atoms with Gasteiger partial charge in [0.1, 0.15) is 42.7 Å². The summed E-state index contributed by atoms with van der Waals surface area (Å²) in [4.78, 5) is 26.6. The van der Waals surface area contributed by atoms with Crippen LogP contribution in [0, 0.1) is 50.2 Å². The van der Waals surface area contributed by atoms with Crippen molar-refractivity contribution >= 4 is 29.6 Å². The molecule has 7 aliphatic rings. The van der Waals surface area contributed by atoms with Gasteiger partial charge in [0.05, 0.1) is 24.7 Å². The van der Waals surface area contributed by atoms with E-state index in [1.165, 1.54) is 11.6 Å². The average molecular weight is 915 g/mol. The zero-order valence-corrected chi connectivity index (χ0v) is 39.3. The van der Waals surface area contributed by atoms with E-state index in [1.807, 2.05) is 0 Å². The summed E-state index contributed by atoms with van der Waals surface area (Å²) < 4.78 is 24.6. The van der Waals surface area contributed by atoms with Gasteiger partial charge in [0.2, 0.25) is 5.91 Å². The smallest absolute Gasteiger partial charge is 0.310 e. The second kappa shape index (κ2) is 17.3. The molecule has 1 aromatic carbocycles. The monoisotopic (exact) mass is 913 g/mol. The summed E-state index contributed by atoms with van der Waals surface area (Å²) >= 11 is 6.05. The van der Waals surface area contributed by atoms with Gasteiger partial charge in [-0.2, -0.15) is 0 Å². The second-order valence-electron chi connectivity index (χ2n) is 22.7. The number of hydrogen-bond donors (Lipinski definition) is 7. The van der Waals surface area contributed by atoms with E-state index in [4.69, 9.17) is 30.5 Å². The van der Waals surface area contributed by atoms with Gasteiger partial charge in [-0.1, -0.05) is 83.8 Å². The molecular formula is C50H72ClNO12. The Morgan fingerprint density at radius 3 is 2.25 bits per heavy atom. The minimum absolute atomic E-state index is 0.0308. The topological polar surface area (TPSA) is 204 Å². The summed E-state index contributed by atoms with van der Waals surface area (Å²) in [6.07, 6.45) is 2.43. The lowest BCUT2D eigenvalue weighted by Crippen LogP contribution is -2.67. The predicted molar refractivity (Wildman–Crippen MR) is 238 cm³/mol. The molecule has 356 valence electrons. The quantitative estimate of drug-likeness (QED) is 0.0865. The summed E-state index contributed by atoms with van der Waals surface area (Å²) in [7, 11) is 0. The van der Waals surface area contributed by atoms with Crippen LogP contribution in [0.1, 0.15) is 118 Å². The van der Waals surface area contributed by atoms with Gasteiger partial charge in [0, 0.05) is 11.1 Å². The molecule has 14 heteroatoms. The van der Waals surface area contributed by atoms with Crippen molar-refractivity contribution in [2.75, 3.05) is 13.2 Å². The molecule has 1 amide bonds. The number of aliphatic carboxylic acids is 1. The Morgan fingerprint density at radius 2 is 1.55 bits per heavy atom. The SMILES string of the molecule is CC1(C)CC[C@]2(C(=O)O)CC[C@]3(C)C(=CC[C@@H]4[C@@]5(C)CC[C@H](O[C@@H]6O[C@H](CO[C@@H]7OC[C@H](O)[C@H](O)[C@H]7O)[C@@H](O)[C@H](O)[C@H]6NC(=O)/C=C/c6ccc(Cl)cc6)C(C)(C)[C@@H]5CC[C@]43C)[C@@H]2C1. The Morgan fingerprint density at radius 1 is 0.844 bits per heavy atom. The van der Waals surface area contributed by atoms with Crippen LogP contribution in [0.4, 0.5) is 0 Å². The number of rotatable bonds is 9. The van der Waals surface area contributed by atoms with Gasteiger partial charge in [0.25, 0.3) is 0 Å². The van der Waals surface area contributed by atoms with Crippen LogP contribution in [0.15, 0.2) is 42.0 Å². The molecule has 1 aromatic rings. The number of halogens is 1. The van der Waals surface area contributed by atoms with Crippen molar-refractivity contribution in [2.45, 2.75) is 174 Å². The van der Waals surface area contributed by atoms with Gasteiger partial charge >= 0.3 is 5.97 Å². The molecule has 0 radical (unpaired) electrons. The van der Waals surface area contributed by atoms with Crippen molar-refractivity contribution in [3.8, 4) is 0 Å². The molecular weight excluding hydrogens is 842 g/mol. The zero-order valence-electron chi connectivity index (χ0n) is 38.5. The van der Waals surface area contributed by atoms with E-state index in [-0.39, 0.29) is 52.8 Å². The van der Waals surface area contributed by atoms with Crippen LogP contribution < -0.4 is 5.32 Å². The van der Waals surface area contributed by atoms with Crippen LogP contribution >= 0.6 is 11.6 Å². The summed E-state index contributed by atoms with van der Waals surface area (Å²) in [5.74, 6) is -0.523. The molecule has 0 spiro atoms. The van der Waals surface area contributed by atoms with E-state index in [9.17, 15) is 40.2 Å². The minimum atomic E-state index is -1.57. The summed E-state index contributed by atoms with van der Waals surface area (Å²) in [5, 5.41) is 68.0. The number of aliphatic hydroxyl groups excluding tert-OH is 5. The highest BCUT2D eigenvalue weighted by Gasteiger charge is 2.69. The van der Waals surface area contributed by atoms with Crippen molar-refractivity contribution < 1.29 is 59.2 Å². The van der Waals surface area contributed by atoms with Crippen molar-refractivity contribution in [3.63, 3.8) is 0 Å². The maximum atomic E-state index is 13.5. The maximum Gasteiger partial charge on any atom is 0.310 e. The Bertz CT molecular complexity index is 1970. The van der Waals surface area contributed by atoms with Crippen LogP contribution in [0.2, 0.25) is 5.02 Å². The van der Waals surface area contributed by atoms with Gasteiger partial charge < -0.3 is 54.9 Å². The fraction of sp³-hybridized carbons (Fsp3) is 0.760. The standard InChI is InChI=1S/C50H72ClNO12/c1-45(2)20-22-50(44(59)60)23-21-48(6)29(30(50)24-45)13-14-34-47(5)18-17-35(46(3,4)33(47)16-19-49(34,48)7)64-42-37(52-36(54)15-10-27-8-11-28(51)12-9-27)40(57)39(56)32(63-42)26-62-43-41(58)38(55)31(53)25-61-43/h8-13,15,30-35,37-43,53,55-58H,14,16-26H2,1-7H3,(H,52,54)(H,59,60)/b15-10+/t30-,31-,32+,33-,34+,35-,37+,38-,39+,40+,41+,42-,43-,47-,48+,49+,50-/m0/s1. The van der Waals surface area contributed by atoms with Crippen molar-refractivity contribution in [1.82, 2.24) is 5.32 Å². The molecule has 5 aliphatic carbocycles. The lowest BCUT2D eigenvalue weighted by molar-refractivity contribution is -0.322. The number of carboxylic acid groups (broad SMARTS) is 1. The fourth-order valence-electron chi connectivity index (χ4n) is 14.4. The molecule has 0 bridgehead atoms. The predicted octanol–water partition coefficient (Wildman–Crippen LogP) is 6.01. The van der Waals surface area contributed by atoms with Crippen molar-refractivity contribution in [3.05, 3.63) is 52.6 Å². The first kappa shape index (κ1) is 48.0. The Labute approximate surface area is 382 Å². The Balaban J connectivity index is 1.04. The molecule has 7 N–H and O–H groups in total. The molecule has 6 fully saturated rings. The second-order valence-corrected chi connectivity index (χ2v) is 23.1. The number of benzene rings is 1. The van der Waals surface area contributed by atoms with Gasteiger partial charge in [0.15, 0.2) is 12.6 Å². The lowest BCUT2D eigenvalue weighted by Gasteiger charge is -2.71. The summed E-state index contributed by atoms with van der Waals surface area (Å²) in [6.45, 7) is 15.9. The largest absolute Gasteiger partial charge is 0.481 e. The number of hydrogen-bond acceptors (Lipinski definition) is 11. The number of carbonyl (C=O) groups is 2. The van der Waals surface area contributed by atoms with Gasteiger partial charge in [-0.25, -0.2) is 0 Å². The third-order valence-corrected chi connectivity index (χ3v) is 18.7. The highest BCUT2D eigenvalue weighted by molar-refractivity contribution is 6.30. The molecule has 2 aliphatic heterocycles. The van der Waals surface area contributed by atoms with Crippen LogP contribution in [0.3, 0.4) is 0 Å². The van der Waals surface area contributed by atoms with Crippen LogP contribution in [0.25, 0.3) is 6.08 Å². The number of aliphatic hydroxyl groups is 5. The number of ether oxygens (including phenoxy) is 4. The van der Waals surface area contributed by atoms with Gasteiger partial charge in [-0.05, 0) is 133 Å². The van der Waals surface area contributed by atoms with E-state index >= 15 is 0 Å². The molecule has 64 heavy (non-hydrogen) atoms. The number of carbonyl (C=O) groups excluding carboxylic acids is 1. The van der Waals surface area contributed by atoms with Crippen LogP contribution in [-0.4, -0.2) is 117 Å². The van der Waals surface area contributed by atoms with E-state index in [1.54, 1.807) is 30.3 Å². The van der Waals surface area contributed by atoms with E-state index in [2.05, 4.69) is 59.9 Å². The normalized spacial score (nSPS) is 46.1. The number of fused-ring (bicyclic) bond motifs is 7. The first-order chi connectivity index (χ1) is 30.0. The van der Waals surface area contributed by atoms with Gasteiger partial charge in [-0.15, -0.1) is 0 Å². The lowest BCUT2D eigenvalue weighted by atomic mass is 9.33. The van der Waals surface area contributed by atoms with Gasteiger partial charge in [-0.3, -0.25) is 9.59 Å². The zero-order chi connectivity index (χ0) is 46.4. The number of allylic oxidation sites excluding steroid dienone is 2. The number of amides is 1. The average Bonchev–Trinajstić information content (AvgIpc) is 3.23. The number of carboxylic acids is 1. The third kappa shape index (κ3) is 8.03. The molecule has 0 aromatic heterocycles. The Hall–Kier alpha value is -2.43. The highest BCUT2D eigenvalue weighted by Crippen LogP contribution is 2.76. The molecule has 0 unspecified atom stereocenters. The summed E-state index contributed by atoms with van der Waals surface area (Å²) in [5.41, 5.74) is 0.921. The molecule has 13 nitrogen and oxygen atoms in total. The molecule has 2 heterocycles. The van der Waals surface area contributed by atoms with E-state index < -0.39 is 78.0 Å². The molecule has 4 saturated carbocycles. The van der Waals surface area contributed by atoms with Crippen LogP contribution in [-0.2, 0) is 28.5 Å². The molecule has 2 saturated heterocycles. The Kier molecular flexibility index (Phi) is 13.0.